The molecule has 5 heteroatoms. The van der Waals surface area contributed by atoms with Crippen molar-refractivity contribution in [3.63, 3.8) is 0 Å². The predicted molar refractivity (Wildman–Crippen MR) is 307 cm³/mol. The van der Waals surface area contributed by atoms with Gasteiger partial charge in [0, 0.05) is 31.6 Å². The second-order valence-corrected chi connectivity index (χ2v) is 25.0. The van der Waals surface area contributed by atoms with Crippen LogP contribution in [-0.4, -0.2) is 34.3 Å². The van der Waals surface area contributed by atoms with E-state index in [1.165, 1.54) is 158 Å². The molecule has 0 aromatic rings. The van der Waals surface area contributed by atoms with E-state index < -0.39 is 0 Å². The summed E-state index contributed by atoms with van der Waals surface area (Å²) in [5.74, 6) is 8.64. The van der Waals surface area contributed by atoms with Crippen LogP contribution in [0.5, 0.6) is 0 Å². The summed E-state index contributed by atoms with van der Waals surface area (Å²) in [6.45, 7) is 29.1. The third-order valence-corrected chi connectivity index (χ3v) is 16.8. The van der Waals surface area contributed by atoms with Gasteiger partial charge in [0.25, 0.3) is 0 Å². The molecule has 0 heterocycles. The monoisotopic (exact) mass is 991 g/mol. The Labute approximate surface area is 441 Å². The highest BCUT2D eigenvalue weighted by molar-refractivity contribution is 5.92. The summed E-state index contributed by atoms with van der Waals surface area (Å²) in [6.07, 6.45) is 43.9. The fourth-order valence-electron chi connectivity index (χ4n) is 11.9. The van der Waals surface area contributed by atoms with Gasteiger partial charge in [-0.2, -0.15) is 0 Å². The topological polar surface area (TPSA) is 88.5 Å². The number of rotatable bonds is 25. The fourth-order valence-corrected chi connectivity index (χ4v) is 11.9. The van der Waals surface area contributed by atoms with E-state index in [0.717, 1.165) is 87.9 Å². The van der Waals surface area contributed by atoms with Crippen LogP contribution in [0.25, 0.3) is 0 Å². The van der Waals surface area contributed by atoms with Gasteiger partial charge in [-0.05, 0) is 169 Å². The second-order valence-electron chi connectivity index (χ2n) is 25.0. The fraction of sp³-hybridized carbons (Fsp3) is 0.848. The van der Waals surface area contributed by atoms with Crippen molar-refractivity contribution in [1.29, 1.82) is 0 Å². The zero-order valence-electron chi connectivity index (χ0n) is 49.3. The molecule has 2 fully saturated rings. The first-order chi connectivity index (χ1) is 33.8. The normalized spacial score (nSPS) is 24.9. The van der Waals surface area contributed by atoms with Gasteiger partial charge in [0.15, 0.2) is 17.3 Å². The van der Waals surface area contributed by atoms with Crippen molar-refractivity contribution in [3.8, 4) is 0 Å². The molecular formula is C66H118O5. The second kappa shape index (κ2) is 40.2. The smallest absolute Gasteiger partial charge is 0.155 e. The number of Topliss-reactive ketones (excluding diaryl/α,β-unsaturated/α-hetero) is 1. The van der Waals surface area contributed by atoms with Crippen LogP contribution in [-0.2, 0) is 19.2 Å². The molecular weight excluding hydrogens is 873 g/mol. The Morgan fingerprint density at radius 3 is 1.34 bits per heavy atom. The lowest BCUT2D eigenvalue weighted by molar-refractivity contribution is -0.121. The average Bonchev–Trinajstić information content (AvgIpc) is 3.92. The van der Waals surface area contributed by atoms with E-state index in [1.54, 1.807) is 6.08 Å². The zero-order chi connectivity index (χ0) is 53.1. The molecule has 0 aliphatic heterocycles. The maximum atomic E-state index is 11.5. The van der Waals surface area contributed by atoms with Gasteiger partial charge in [-0.25, -0.2) is 0 Å². The van der Waals surface area contributed by atoms with E-state index in [1.807, 2.05) is 12.2 Å². The first kappa shape index (κ1) is 66.9. The van der Waals surface area contributed by atoms with Gasteiger partial charge in [-0.3, -0.25) is 19.2 Å². The summed E-state index contributed by atoms with van der Waals surface area (Å²) < 4.78 is 0. The molecule has 5 aliphatic carbocycles. The van der Waals surface area contributed by atoms with Crippen LogP contribution in [0, 0.1) is 59.2 Å². The van der Waals surface area contributed by atoms with Crippen LogP contribution in [0.2, 0.25) is 0 Å². The number of unbranched alkanes of at least 4 members (excludes halogenated alkanes) is 3. The number of hydrogen-bond acceptors (Lipinski definition) is 5. The number of aliphatic hydroxyl groups excluding tert-OH is 1. The minimum absolute atomic E-state index is 0.0160. The molecule has 0 aromatic carbocycles. The molecule has 0 bridgehead atoms. The summed E-state index contributed by atoms with van der Waals surface area (Å²) in [5.41, 5.74) is 3.81. The molecule has 10 atom stereocenters. The Balaban J connectivity index is 0.000000447. The molecule has 0 saturated heterocycles. The molecule has 5 nitrogen and oxygen atoms in total. The molecule has 71 heavy (non-hydrogen) atoms. The van der Waals surface area contributed by atoms with E-state index in [9.17, 15) is 24.3 Å². The number of allylic oxidation sites excluding steroid dienone is 6. The summed E-state index contributed by atoms with van der Waals surface area (Å²) in [7, 11) is 0. The van der Waals surface area contributed by atoms with Crippen LogP contribution in [0.1, 0.15) is 295 Å². The highest BCUT2D eigenvalue weighted by atomic mass is 16.3. The van der Waals surface area contributed by atoms with Crippen LogP contribution >= 0.6 is 0 Å². The molecule has 0 spiro atoms. The predicted octanol–water partition coefficient (Wildman–Crippen LogP) is 19.3. The average molecular weight is 992 g/mol. The van der Waals surface area contributed by atoms with E-state index >= 15 is 0 Å². The Kier molecular flexibility index (Phi) is 37.9. The molecule has 412 valence electrons. The van der Waals surface area contributed by atoms with Crippen molar-refractivity contribution < 1.29 is 24.3 Å². The standard InChI is InChI=1S/C16H32O.C16H30O.C12H20O.2C11H18O/c2*1-4-13(2)7-5-8-14(3)11-12-15-9-6-10-16(15)17;1-3-4-5-6-11-7-10(2)8-12(13)9-11;1-8(2)4-10-5-9(3)6-11(12)7-10;1-3-4-5-10-6-9(2)7-11(12)8-10/h13-17H,4-12H2,1-3H3;13-15H,4-12H2,1-3H3;8,11H,3-7,9H2,1-2H3;6,8,10H,4-5,7H2,1-3H3;7,10H,3-6,8H2,1-2H3. The Morgan fingerprint density at radius 1 is 0.479 bits per heavy atom. The van der Waals surface area contributed by atoms with Crippen LogP contribution in [0.4, 0.5) is 0 Å². The number of hydrogen-bond donors (Lipinski definition) is 1. The van der Waals surface area contributed by atoms with Crippen molar-refractivity contribution in [3.05, 3.63) is 34.9 Å². The molecule has 10 unspecified atom stereocenters. The molecule has 5 rings (SSSR count). The number of ketones is 4. The van der Waals surface area contributed by atoms with E-state index in [-0.39, 0.29) is 6.10 Å². The van der Waals surface area contributed by atoms with Gasteiger partial charge < -0.3 is 5.11 Å². The lowest BCUT2D eigenvalue weighted by Crippen LogP contribution is -2.14. The summed E-state index contributed by atoms with van der Waals surface area (Å²) in [4.78, 5) is 45.1. The third kappa shape index (κ3) is 34.1. The van der Waals surface area contributed by atoms with Crippen LogP contribution < -0.4 is 0 Å². The lowest BCUT2D eigenvalue weighted by atomic mass is 9.83. The maximum absolute atomic E-state index is 11.5. The van der Waals surface area contributed by atoms with E-state index in [2.05, 4.69) is 90.0 Å². The van der Waals surface area contributed by atoms with Crippen LogP contribution in [0.3, 0.4) is 0 Å². The van der Waals surface area contributed by atoms with Gasteiger partial charge in [-0.1, -0.05) is 189 Å². The summed E-state index contributed by atoms with van der Waals surface area (Å²) in [6, 6.07) is 0. The first-order valence-corrected chi connectivity index (χ1v) is 30.6. The van der Waals surface area contributed by atoms with E-state index in [4.69, 9.17) is 0 Å². The highest BCUT2D eigenvalue weighted by Gasteiger charge is 2.26. The quantitative estimate of drug-likeness (QED) is 0.0921. The van der Waals surface area contributed by atoms with E-state index in [0.29, 0.717) is 58.6 Å². The van der Waals surface area contributed by atoms with Crippen molar-refractivity contribution >= 4 is 23.1 Å². The van der Waals surface area contributed by atoms with Crippen molar-refractivity contribution in [2.45, 2.75) is 302 Å². The van der Waals surface area contributed by atoms with Crippen molar-refractivity contribution in [2.75, 3.05) is 0 Å². The largest absolute Gasteiger partial charge is 0.393 e. The molecule has 0 radical (unpaired) electrons. The number of carbonyl (C=O) groups is 4. The number of carbonyl (C=O) groups excluding carboxylic acids is 4. The summed E-state index contributed by atoms with van der Waals surface area (Å²) >= 11 is 0. The maximum Gasteiger partial charge on any atom is 0.155 e. The first-order valence-electron chi connectivity index (χ1n) is 30.6. The highest BCUT2D eigenvalue weighted by Crippen LogP contribution is 2.33. The Bertz CT molecular complexity index is 1530. The number of aliphatic hydroxyl groups is 1. The molecule has 1 N–H and O–H groups in total. The Morgan fingerprint density at radius 2 is 0.930 bits per heavy atom. The molecule has 0 aromatic heterocycles. The SMILES string of the molecule is CC1=CC(=O)CC(CC(C)C)C1.CCC(C)CCCC(C)CCC1CCCC1=O.CCC(C)CCCC(C)CCC1CCCC1O.CCCCC1CC(=O)C=C(C)C1.CCCCCC1CC(=O)C=C(C)C1. The summed E-state index contributed by atoms with van der Waals surface area (Å²) in [5, 5.41) is 9.78. The van der Waals surface area contributed by atoms with Gasteiger partial charge >= 0.3 is 0 Å². The molecule has 5 aliphatic rings. The molecule has 0 amide bonds. The van der Waals surface area contributed by atoms with Crippen molar-refractivity contribution in [2.24, 2.45) is 59.2 Å². The Hall–Kier alpha value is -2.14. The lowest BCUT2D eigenvalue weighted by Gasteiger charge is -2.21. The van der Waals surface area contributed by atoms with Gasteiger partial charge in [-0.15, -0.1) is 0 Å². The zero-order valence-corrected chi connectivity index (χ0v) is 49.3. The minimum Gasteiger partial charge on any atom is -0.393 e. The molecule has 2 saturated carbocycles. The van der Waals surface area contributed by atoms with Crippen LogP contribution in [0.15, 0.2) is 34.9 Å². The third-order valence-electron chi connectivity index (χ3n) is 16.8. The van der Waals surface area contributed by atoms with Gasteiger partial charge in [0.2, 0.25) is 0 Å². The van der Waals surface area contributed by atoms with Gasteiger partial charge in [0.05, 0.1) is 6.10 Å². The van der Waals surface area contributed by atoms with Gasteiger partial charge in [0.1, 0.15) is 5.78 Å². The minimum atomic E-state index is 0.0160. The van der Waals surface area contributed by atoms with Crippen molar-refractivity contribution in [1.82, 2.24) is 0 Å².